The van der Waals surface area contributed by atoms with E-state index in [2.05, 4.69) is 25.8 Å². The summed E-state index contributed by atoms with van der Waals surface area (Å²) >= 11 is 0. The van der Waals surface area contributed by atoms with Gasteiger partial charge in [0.25, 0.3) is 0 Å². The first-order valence-electron chi connectivity index (χ1n) is 5.12. The molecule has 0 saturated carbocycles. The Balaban J connectivity index is 3.87. The van der Waals surface area contributed by atoms with Crippen LogP contribution in [0.4, 0.5) is 0 Å². The van der Waals surface area contributed by atoms with Crippen LogP contribution < -0.4 is 5.73 Å². The minimum Gasteiger partial charge on any atom is -0.379 e. The van der Waals surface area contributed by atoms with Crippen LogP contribution in [0.25, 0.3) is 0 Å². The van der Waals surface area contributed by atoms with Crippen LogP contribution in [-0.2, 0) is 4.74 Å². The van der Waals surface area contributed by atoms with Crippen molar-refractivity contribution < 1.29 is 4.74 Å². The maximum absolute atomic E-state index is 5.56. The van der Waals surface area contributed by atoms with Crippen LogP contribution in [0.5, 0.6) is 0 Å². The second-order valence-corrected chi connectivity index (χ2v) is 3.50. The lowest BCUT2D eigenvalue weighted by Crippen LogP contribution is -2.40. The molecule has 0 bridgehead atoms. The molecule has 2 N–H and O–H groups in total. The van der Waals surface area contributed by atoms with E-state index >= 15 is 0 Å². The van der Waals surface area contributed by atoms with Crippen molar-refractivity contribution in [3.8, 4) is 0 Å². The first-order valence-corrected chi connectivity index (χ1v) is 5.12. The number of nitrogens with zero attached hydrogens (tertiary/aromatic N) is 1. The Labute approximate surface area is 82.2 Å². The SMILES string of the molecule is CCC(CC)N(C)CC(CN)OC. The van der Waals surface area contributed by atoms with Gasteiger partial charge in [-0.25, -0.2) is 0 Å². The van der Waals surface area contributed by atoms with Gasteiger partial charge in [-0.1, -0.05) is 13.8 Å². The van der Waals surface area contributed by atoms with Crippen LogP contribution in [0.3, 0.4) is 0 Å². The van der Waals surface area contributed by atoms with Crippen LogP contribution in [0, 0.1) is 0 Å². The molecular weight excluding hydrogens is 164 g/mol. The molecule has 0 rings (SSSR count). The molecule has 0 radical (unpaired) electrons. The van der Waals surface area contributed by atoms with E-state index in [1.807, 2.05) is 0 Å². The average Bonchev–Trinajstić information content (AvgIpc) is 2.16. The molecule has 0 aromatic heterocycles. The fourth-order valence-corrected chi connectivity index (χ4v) is 1.63. The molecule has 0 fully saturated rings. The summed E-state index contributed by atoms with van der Waals surface area (Å²) in [5.41, 5.74) is 5.56. The quantitative estimate of drug-likeness (QED) is 0.650. The van der Waals surface area contributed by atoms with Gasteiger partial charge in [0.2, 0.25) is 0 Å². The Morgan fingerprint density at radius 2 is 1.85 bits per heavy atom. The summed E-state index contributed by atoms with van der Waals surface area (Å²) in [6, 6.07) is 0.657. The third kappa shape index (κ3) is 4.60. The van der Waals surface area contributed by atoms with Gasteiger partial charge in [0.1, 0.15) is 0 Å². The van der Waals surface area contributed by atoms with E-state index in [4.69, 9.17) is 10.5 Å². The van der Waals surface area contributed by atoms with E-state index in [-0.39, 0.29) is 6.10 Å². The Kier molecular flexibility index (Phi) is 7.23. The zero-order valence-corrected chi connectivity index (χ0v) is 9.42. The monoisotopic (exact) mass is 188 g/mol. The van der Waals surface area contributed by atoms with E-state index in [0.717, 1.165) is 6.54 Å². The molecule has 0 aliphatic carbocycles. The molecule has 0 aromatic rings. The smallest absolute Gasteiger partial charge is 0.0820 e. The number of hydrogen-bond acceptors (Lipinski definition) is 3. The summed E-state index contributed by atoms with van der Waals surface area (Å²) in [5, 5.41) is 0. The zero-order valence-electron chi connectivity index (χ0n) is 9.42. The topological polar surface area (TPSA) is 38.5 Å². The molecule has 3 nitrogen and oxygen atoms in total. The first-order chi connectivity index (χ1) is 6.19. The predicted octanol–water partition coefficient (Wildman–Crippen LogP) is 1.08. The number of hydrogen-bond donors (Lipinski definition) is 1. The molecule has 0 heterocycles. The summed E-state index contributed by atoms with van der Waals surface area (Å²) in [4.78, 5) is 2.33. The molecule has 1 unspecified atom stereocenters. The van der Waals surface area contributed by atoms with Gasteiger partial charge < -0.3 is 15.4 Å². The first kappa shape index (κ1) is 12.9. The largest absolute Gasteiger partial charge is 0.379 e. The average molecular weight is 188 g/mol. The van der Waals surface area contributed by atoms with Crippen molar-refractivity contribution in [1.82, 2.24) is 4.90 Å². The van der Waals surface area contributed by atoms with Crippen molar-refractivity contribution in [3.05, 3.63) is 0 Å². The van der Waals surface area contributed by atoms with Gasteiger partial charge in [-0.3, -0.25) is 0 Å². The Morgan fingerprint density at radius 3 is 2.15 bits per heavy atom. The fourth-order valence-electron chi connectivity index (χ4n) is 1.63. The maximum atomic E-state index is 5.56. The number of ether oxygens (including phenoxy) is 1. The molecule has 0 amide bonds. The lowest BCUT2D eigenvalue weighted by molar-refractivity contribution is 0.0631. The minimum atomic E-state index is 0.172. The molecule has 1 atom stereocenters. The predicted molar refractivity (Wildman–Crippen MR) is 56.9 cm³/mol. The van der Waals surface area contributed by atoms with Crippen LogP contribution in [0.15, 0.2) is 0 Å². The molecular formula is C10H24N2O. The highest BCUT2D eigenvalue weighted by Gasteiger charge is 2.14. The van der Waals surface area contributed by atoms with Crippen molar-refractivity contribution in [2.45, 2.75) is 38.8 Å². The second kappa shape index (κ2) is 7.30. The second-order valence-electron chi connectivity index (χ2n) is 3.50. The van der Waals surface area contributed by atoms with Crippen LogP contribution in [0.2, 0.25) is 0 Å². The van der Waals surface area contributed by atoms with Gasteiger partial charge in [-0.2, -0.15) is 0 Å². The Hall–Kier alpha value is -0.120. The third-order valence-electron chi connectivity index (χ3n) is 2.65. The lowest BCUT2D eigenvalue weighted by Gasteiger charge is -2.29. The highest BCUT2D eigenvalue weighted by atomic mass is 16.5. The van der Waals surface area contributed by atoms with Gasteiger partial charge in [-0.05, 0) is 19.9 Å². The van der Waals surface area contributed by atoms with Gasteiger partial charge in [0, 0.05) is 26.2 Å². The van der Waals surface area contributed by atoms with Crippen LogP contribution >= 0.6 is 0 Å². The summed E-state index contributed by atoms with van der Waals surface area (Å²) < 4.78 is 5.24. The van der Waals surface area contributed by atoms with E-state index in [9.17, 15) is 0 Å². The minimum absolute atomic E-state index is 0.172. The molecule has 0 saturated heterocycles. The molecule has 13 heavy (non-hydrogen) atoms. The normalized spacial score (nSPS) is 14.1. The van der Waals surface area contributed by atoms with Gasteiger partial charge in [-0.15, -0.1) is 0 Å². The summed E-state index contributed by atoms with van der Waals surface area (Å²) in [6.45, 7) is 5.96. The summed E-state index contributed by atoms with van der Waals surface area (Å²) in [7, 11) is 3.86. The summed E-state index contributed by atoms with van der Waals surface area (Å²) in [5.74, 6) is 0. The number of rotatable bonds is 7. The molecule has 0 aliphatic heterocycles. The van der Waals surface area contributed by atoms with Crippen LogP contribution in [-0.4, -0.2) is 44.3 Å². The molecule has 0 aromatic carbocycles. The van der Waals surface area contributed by atoms with Crippen molar-refractivity contribution in [1.29, 1.82) is 0 Å². The van der Waals surface area contributed by atoms with Gasteiger partial charge >= 0.3 is 0 Å². The number of likely N-dealkylation sites (N-methyl/N-ethyl adjacent to an activating group) is 1. The van der Waals surface area contributed by atoms with Crippen molar-refractivity contribution in [2.75, 3.05) is 27.2 Å². The van der Waals surface area contributed by atoms with Crippen molar-refractivity contribution >= 4 is 0 Å². The molecule has 80 valence electrons. The highest BCUT2D eigenvalue weighted by molar-refractivity contribution is 4.70. The fraction of sp³-hybridized carbons (Fsp3) is 1.00. The maximum Gasteiger partial charge on any atom is 0.0820 e. The lowest BCUT2D eigenvalue weighted by atomic mass is 10.1. The Morgan fingerprint density at radius 1 is 1.31 bits per heavy atom. The molecule has 0 spiro atoms. The standard InChI is InChI=1S/C10H24N2O/c1-5-9(6-2)12(3)8-10(7-11)13-4/h9-10H,5-8,11H2,1-4H3. The van der Waals surface area contributed by atoms with E-state index in [1.165, 1.54) is 12.8 Å². The highest BCUT2D eigenvalue weighted by Crippen LogP contribution is 2.06. The Bertz CT molecular complexity index is 111. The number of methoxy groups -OCH3 is 1. The van der Waals surface area contributed by atoms with Gasteiger partial charge in [0.05, 0.1) is 6.10 Å². The van der Waals surface area contributed by atoms with E-state index < -0.39 is 0 Å². The van der Waals surface area contributed by atoms with Gasteiger partial charge in [0.15, 0.2) is 0 Å². The van der Waals surface area contributed by atoms with E-state index in [1.54, 1.807) is 7.11 Å². The number of nitrogens with two attached hydrogens (primary N) is 1. The molecule has 3 heteroatoms. The van der Waals surface area contributed by atoms with Crippen LogP contribution in [0.1, 0.15) is 26.7 Å². The zero-order chi connectivity index (χ0) is 10.3. The third-order valence-corrected chi connectivity index (χ3v) is 2.65. The van der Waals surface area contributed by atoms with Crippen molar-refractivity contribution in [2.24, 2.45) is 5.73 Å². The molecule has 0 aliphatic rings. The summed E-state index contributed by atoms with van der Waals surface area (Å²) in [6.07, 6.45) is 2.55. The van der Waals surface area contributed by atoms with E-state index in [0.29, 0.717) is 12.6 Å². The van der Waals surface area contributed by atoms with Crippen molar-refractivity contribution in [3.63, 3.8) is 0 Å².